The lowest BCUT2D eigenvalue weighted by molar-refractivity contribution is 0.474. The van der Waals surface area contributed by atoms with Gasteiger partial charge in [0.05, 0.1) is 16.9 Å². The Balaban J connectivity index is 1.72. The topological polar surface area (TPSA) is 43.8 Å². The van der Waals surface area contributed by atoms with Gasteiger partial charge in [-0.2, -0.15) is 5.10 Å². The molecule has 0 aliphatic carbocycles. The minimum absolute atomic E-state index is 0.0344. The lowest BCUT2D eigenvalue weighted by Crippen LogP contribution is -2.38. The van der Waals surface area contributed by atoms with Crippen LogP contribution in [0.1, 0.15) is 27.9 Å². The molecule has 0 radical (unpaired) electrons. The van der Waals surface area contributed by atoms with Crippen LogP contribution in [0.4, 0.5) is 14.5 Å². The van der Waals surface area contributed by atoms with Crippen molar-refractivity contribution in [3.63, 3.8) is 0 Å². The molecule has 5 heteroatoms. The van der Waals surface area contributed by atoms with E-state index in [-0.39, 0.29) is 11.5 Å². The first-order chi connectivity index (χ1) is 19.1. The first-order valence-electron chi connectivity index (χ1n) is 12.7. The normalized spacial score (nSPS) is 11.8. The molecule has 6 aromatic rings. The number of hydrogen-bond acceptors (Lipinski definition) is 2. The second-order valence-electron chi connectivity index (χ2n) is 9.38. The molecule has 0 spiro atoms. The molecule has 6 rings (SSSR count). The zero-order valence-electron chi connectivity index (χ0n) is 21.0. The zero-order chi connectivity index (χ0) is 26.8. The van der Waals surface area contributed by atoms with Gasteiger partial charge in [-0.3, -0.25) is 0 Å². The lowest BCUT2D eigenvalue weighted by Gasteiger charge is -2.37. The van der Waals surface area contributed by atoms with E-state index in [1.807, 2.05) is 71.4 Å². The summed E-state index contributed by atoms with van der Waals surface area (Å²) in [4.78, 5) is 0. The minimum Gasteiger partial charge on any atom is -0.396 e. The molecule has 0 fully saturated rings. The van der Waals surface area contributed by atoms with Crippen molar-refractivity contribution in [2.75, 3.05) is 5.73 Å². The Morgan fingerprint density at radius 3 is 1.74 bits per heavy atom. The van der Waals surface area contributed by atoms with Gasteiger partial charge < -0.3 is 5.73 Å². The van der Waals surface area contributed by atoms with Crippen molar-refractivity contribution in [3.8, 4) is 0 Å². The molecule has 0 saturated heterocycles. The fourth-order valence-electron chi connectivity index (χ4n) is 5.24. The summed E-state index contributed by atoms with van der Waals surface area (Å²) in [6, 6.07) is 39.6. The molecular weight excluding hydrogens is 488 g/mol. The Labute approximate surface area is 225 Å². The van der Waals surface area contributed by atoms with Crippen molar-refractivity contribution in [1.82, 2.24) is 9.78 Å². The first-order valence-corrected chi connectivity index (χ1v) is 12.7. The highest BCUT2D eigenvalue weighted by Crippen LogP contribution is 2.43. The standard InChI is InChI=1S/C34H25F2N3/c35-28-18-10-11-24(21-28)19-20-32-29-22-31(37)30(36)23-33(29)39(38-32)34(25-12-4-1-5-13-25,26-14-6-2-7-15-26)27-16-8-3-9-17-27/h1-23H,37H2. The number of nitrogens with zero attached hydrogens (tertiary/aromatic N) is 2. The third-order valence-corrected chi connectivity index (χ3v) is 7.00. The van der Waals surface area contributed by atoms with E-state index < -0.39 is 11.4 Å². The molecule has 0 aliphatic rings. The van der Waals surface area contributed by atoms with Gasteiger partial charge >= 0.3 is 0 Å². The second-order valence-corrected chi connectivity index (χ2v) is 9.38. The van der Waals surface area contributed by atoms with Crippen LogP contribution in [0.2, 0.25) is 0 Å². The third kappa shape index (κ3) is 4.28. The Bertz CT molecular complexity index is 1680. The fraction of sp³-hybridized carbons (Fsp3) is 0.0294. The van der Waals surface area contributed by atoms with Gasteiger partial charge in [0.2, 0.25) is 0 Å². The average Bonchev–Trinajstić information content (AvgIpc) is 3.31. The van der Waals surface area contributed by atoms with Crippen LogP contribution < -0.4 is 5.73 Å². The highest BCUT2D eigenvalue weighted by molar-refractivity contribution is 5.92. The molecule has 2 N–H and O–H groups in total. The van der Waals surface area contributed by atoms with Crippen LogP contribution in [-0.4, -0.2) is 9.78 Å². The average molecular weight is 514 g/mol. The molecule has 190 valence electrons. The Kier molecular flexibility index (Phi) is 6.25. The van der Waals surface area contributed by atoms with Crippen LogP contribution in [0.3, 0.4) is 0 Å². The van der Waals surface area contributed by atoms with Crippen molar-refractivity contribution in [2.24, 2.45) is 0 Å². The van der Waals surface area contributed by atoms with E-state index >= 15 is 4.39 Å². The molecule has 0 amide bonds. The van der Waals surface area contributed by atoms with E-state index in [4.69, 9.17) is 10.8 Å². The largest absolute Gasteiger partial charge is 0.396 e. The number of hydrogen-bond donors (Lipinski definition) is 1. The lowest BCUT2D eigenvalue weighted by atomic mass is 9.77. The molecule has 39 heavy (non-hydrogen) atoms. The van der Waals surface area contributed by atoms with Gasteiger partial charge in [-0.1, -0.05) is 109 Å². The number of halogens is 2. The number of anilines is 1. The summed E-state index contributed by atoms with van der Waals surface area (Å²) >= 11 is 0. The molecule has 1 heterocycles. The number of benzene rings is 5. The zero-order valence-corrected chi connectivity index (χ0v) is 21.0. The monoisotopic (exact) mass is 513 g/mol. The smallest absolute Gasteiger partial charge is 0.148 e. The Hall–Kier alpha value is -5.03. The van der Waals surface area contributed by atoms with Gasteiger partial charge in [-0.15, -0.1) is 0 Å². The molecule has 0 unspecified atom stereocenters. The van der Waals surface area contributed by atoms with Gasteiger partial charge in [0.1, 0.15) is 17.2 Å². The summed E-state index contributed by atoms with van der Waals surface area (Å²) in [6.07, 6.45) is 3.61. The summed E-state index contributed by atoms with van der Waals surface area (Å²) in [6.45, 7) is 0. The molecule has 0 saturated carbocycles. The van der Waals surface area contributed by atoms with E-state index in [2.05, 4.69) is 36.4 Å². The Morgan fingerprint density at radius 2 is 1.21 bits per heavy atom. The van der Waals surface area contributed by atoms with Gasteiger partial charge in [-0.05, 0) is 46.5 Å². The SMILES string of the molecule is Nc1cc2c(C=Cc3cccc(F)c3)nn(C(c3ccccc3)(c3ccccc3)c3ccccc3)c2cc1F. The van der Waals surface area contributed by atoms with Crippen LogP contribution in [0, 0.1) is 11.6 Å². The van der Waals surface area contributed by atoms with Crippen molar-refractivity contribution in [3.05, 3.63) is 167 Å². The van der Waals surface area contributed by atoms with Crippen LogP contribution in [0.5, 0.6) is 0 Å². The highest BCUT2D eigenvalue weighted by atomic mass is 19.1. The van der Waals surface area contributed by atoms with E-state index in [1.54, 1.807) is 18.2 Å². The number of rotatable bonds is 6. The molecule has 3 nitrogen and oxygen atoms in total. The maximum Gasteiger partial charge on any atom is 0.148 e. The third-order valence-electron chi connectivity index (χ3n) is 7.00. The fourth-order valence-corrected chi connectivity index (χ4v) is 5.24. The number of fused-ring (bicyclic) bond motifs is 1. The van der Waals surface area contributed by atoms with E-state index in [9.17, 15) is 4.39 Å². The van der Waals surface area contributed by atoms with Gasteiger partial charge in [0.25, 0.3) is 0 Å². The maximum atomic E-state index is 15.1. The summed E-state index contributed by atoms with van der Waals surface area (Å²) in [7, 11) is 0. The van der Waals surface area contributed by atoms with E-state index in [1.165, 1.54) is 18.2 Å². The first kappa shape index (κ1) is 24.3. The van der Waals surface area contributed by atoms with E-state index in [0.29, 0.717) is 22.2 Å². The number of nitrogens with two attached hydrogens (primary N) is 1. The predicted octanol–water partition coefficient (Wildman–Crippen LogP) is 7.91. The summed E-state index contributed by atoms with van der Waals surface area (Å²) < 4.78 is 30.8. The molecule has 1 aromatic heterocycles. The Morgan fingerprint density at radius 1 is 0.641 bits per heavy atom. The number of aromatic nitrogens is 2. The highest BCUT2D eigenvalue weighted by Gasteiger charge is 2.40. The quantitative estimate of drug-likeness (QED) is 0.182. The van der Waals surface area contributed by atoms with Crippen molar-refractivity contribution in [1.29, 1.82) is 0 Å². The minimum atomic E-state index is -0.935. The van der Waals surface area contributed by atoms with Crippen LogP contribution >= 0.6 is 0 Å². The summed E-state index contributed by atoms with van der Waals surface area (Å²) in [5.74, 6) is -0.845. The molecule has 0 aliphatic heterocycles. The second kappa shape index (κ2) is 10.0. The van der Waals surface area contributed by atoms with Crippen LogP contribution in [-0.2, 0) is 5.54 Å². The maximum absolute atomic E-state index is 15.1. The van der Waals surface area contributed by atoms with Gasteiger partial charge in [0, 0.05) is 11.5 Å². The molecule has 0 atom stereocenters. The van der Waals surface area contributed by atoms with Gasteiger partial charge in [-0.25, -0.2) is 13.5 Å². The van der Waals surface area contributed by atoms with Gasteiger partial charge in [0.15, 0.2) is 0 Å². The van der Waals surface area contributed by atoms with Crippen LogP contribution in [0.15, 0.2) is 127 Å². The predicted molar refractivity (Wildman–Crippen MR) is 154 cm³/mol. The van der Waals surface area contributed by atoms with Crippen LogP contribution in [0.25, 0.3) is 23.1 Å². The molecule has 5 aromatic carbocycles. The van der Waals surface area contributed by atoms with Crippen molar-refractivity contribution < 1.29 is 8.78 Å². The van der Waals surface area contributed by atoms with Crippen molar-refractivity contribution in [2.45, 2.75) is 5.54 Å². The molecule has 0 bridgehead atoms. The van der Waals surface area contributed by atoms with Crippen molar-refractivity contribution >= 4 is 28.7 Å². The summed E-state index contributed by atoms with van der Waals surface area (Å²) in [5.41, 5.74) is 9.90. The number of nitrogen functional groups attached to an aromatic ring is 1. The van der Waals surface area contributed by atoms with E-state index in [0.717, 1.165) is 16.7 Å². The molecular formula is C34H25F2N3. The summed E-state index contributed by atoms with van der Waals surface area (Å²) in [5, 5.41) is 5.81.